The van der Waals surface area contributed by atoms with Crippen molar-refractivity contribution in [2.75, 3.05) is 66.4 Å². The molecule has 2 saturated carbocycles. The molecule has 2 bridgehead atoms. The molecule has 502 valence electrons. The predicted molar refractivity (Wildman–Crippen MR) is 371 cm³/mol. The summed E-state index contributed by atoms with van der Waals surface area (Å²) in [7, 11) is 10.1. The Balaban J connectivity index is 0.000000140. The van der Waals surface area contributed by atoms with Crippen molar-refractivity contribution in [1.29, 1.82) is 0 Å². The SMILES string of the molecule is C=CCC1(CC(C)C)C(=O)NC(=O)NC1=O.CC(CN1c2ccccc2Sc2ccccc21)N(C)C.CC[C@@H](c1cccc(O)c1)[C@@H](C)CN(C)C.COc1ccc2cc([C@H](C)C(=O)O)ccc2c1.O=C1CC[C@@]2(O)[C@H]3Cc4ccc(O)c5c4[C@@]2(CCN3CC2CC2)[C@H]1O5. The van der Waals surface area contributed by atoms with E-state index in [1.807, 2.05) is 80.2 Å². The Morgan fingerprint density at radius 2 is 1.47 bits per heavy atom. The number of phenols is 2. The number of ketones is 1. The van der Waals surface area contributed by atoms with Crippen LogP contribution in [-0.2, 0) is 31.0 Å². The number of piperidine rings is 1. The third-order valence-corrected chi connectivity index (χ3v) is 21.1. The molecular formula is C76H96N6O11S. The minimum Gasteiger partial charge on any atom is -0.508 e. The van der Waals surface area contributed by atoms with Crippen molar-refractivity contribution >= 4 is 63.5 Å². The number of likely N-dealkylation sites (tertiary alicyclic amines) is 1. The number of aliphatic carboxylic acids is 1. The highest BCUT2D eigenvalue weighted by molar-refractivity contribution is 7.99. The molecule has 1 unspecified atom stereocenters. The standard InChI is InChI=1S/C20H23NO4.C17H20N2S.C14H23NO.C14H14O3.C11H16N2O3/c22-13-4-3-12-9-15-20(24)6-5-14(23)18-19(20,16(12)17(13)25-18)7-8-21(15)10-11-1-2-11;1-13(18(2)3)12-19-14-8-4-6-10-16(14)20-17-11-7-5-9-15(17)19;1-5-14(11(2)10-15(3)4)12-7-6-8-13(16)9-12;1-9(14(15)16)10-3-4-12-8-13(17-2)6-5-11(12)7-10;1-4-5-11(6-7(2)3)8(14)12-10(16)13-9(11)15/h3-4,11,15,18,22,24H,1-2,5-10H2;4-11,13H,12H2,1-3H3;6-9,11,14,16H,5,10H2,1-4H3;3-9H,1-2H3,(H,15,16);4,7H,1,5-6H2,2-3H3,(H2,12,13,14,15,16)/t15-,18+,19+,20-;;11-,14+;9-;/m1.00./s1. The third kappa shape index (κ3) is 14.9. The molecule has 0 aromatic heterocycles. The van der Waals surface area contributed by atoms with Gasteiger partial charge < -0.3 is 44.6 Å². The zero-order valence-electron chi connectivity index (χ0n) is 56.5. The number of nitrogens with zero attached hydrogens (tertiary/aromatic N) is 4. The minimum atomic E-state index is -1.19. The van der Waals surface area contributed by atoms with E-state index in [1.54, 1.807) is 26.2 Å². The van der Waals surface area contributed by atoms with Crippen LogP contribution in [0, 0.1) is 23.2 Å². The number of carbonyl (C=O) groups excluding carboxylic acids is 4. The molecular weight excluding hydrogens is 1200 g/mol. The second-order valence-corrected chi connectivity index (χ2v) is 28.6. The zero-order chi connectivity index (χ0) is 68.0. The summed E-state index contributed by atoms with van der Waals surface area (Å²) in [5, 5.41) is 47.1. The first-order chi connectivity index (χ1) is 44.8. The van der Waals surface area contributed by atoms with Crippen LogP contribution in [0.4, 0.5) is 16.2 Å². The normalized spacial score (nSPS) is 22.3. The lowest BCUT2D eigenvalue weighted by Gasteiger charge is -2.62. The average Bonchev–Trinajstić information content (AvgIpc) is 1.42. The van der Waals surface area contributed by atoms with Gasteiger partial charge in [-0.05, 0) is 206 Å². The number of hydrogen-bond donors (Lipinski definition) is 6. The van der Waals surface area contributed by atoms with E-state index in [4.69, 9.17) is 14.6 Å². The molecule has 6 N–H and O–H groups in total. The van der Waals surface area contributed by atoms with Gasteiger partial charge in [0.25, 0.3) is 0 Å². The molecule has 7 aliphatic rings. The van der Waals surface area contributed by atoms with Crippen molar-refractivity contribution in [3.05, 3.63) is 156 Å². The summed E-state index contributed by atoms with van der Waals surface area (Å²) < 4.78 is 11.2. The number of aliphatic hydroxyl groups is 1. The predicted octanol–water partition coefficient (Wildman–Crippen LogP) is 12.8. The minimum absolute atomic E-state index is 0.0454. The highest BCUT2D eigenvalue weighted by Gasteiger charge is 2.73. The average molecular weight is 1300 g/mol. The van der Waals surface area contributed by atoms with Gasteiger partial charge in [-0.2, -0.15) is 0 Å². The van der Waals surface area contributed by atoms with E-state index < -0.39 is 52.3 Å². The number of Topliss-reactive ketones (excluding diaryl/α,β-unsaturated/α-hetero) is 1. The van der Waals surface area contributed by atoms with E-state index in [-0.39, 0.29) is 29.9 Å². The Bertz CT molecular complexity index is 3670. The second-order valence-electron chi connectivity index (χ2n) is 27.5. The fourth-order valence-corrected chi connectivity index (χ4v) is 15.9. The van der Waals surface area contributed by atoms with Crippen molar-refractivity contribution in [3.8, 4) is 23.0 Å². The fraction of sp³-hybridized carbons (Fsp3) is 0.461. The Morgan fingerprint density at radius 3 is 2.05 bits per heavy atom. The first-order valence-electron chi connectivity index (χ1n) is 33.1. The van der Waals surface area contributed by atoms with E-state index in [0.717, 1.165) is 84.6 Å². The fourth-order valence-electron chi connectivity index (χ4n) is 14.9. The van der Waals surface area contributed by atoms with E-state index in [0.29, 0.717) is 48.6 Å². The van der Waals surface area contributed by atoms with Crippen LogP contribution in [0.25, 0.3) is 10.8 Å². The molecule has 4 amide bonds. The van der Waals surface area contributed by atoms with E-state index in [1.165, 1.54) is 45.6 Å². The lowest BCUT2D eigenvalue weighted by atomic mass is 9.49. The number of likely N-dealkylation sites (N-methyl/N-ethyl adjacent to an activating group) is 1. The smallest absolute Gasteiger partial charge is 0.328 e. The summed E-state index contributed by atoms with van der Waals surface area (Å²) in [6, 6.07) is 39.9. The number of imide groups is 2. The molecule has 13 rings (SSSR count). The maximum absolute atomic E-state index is 12.7. The lowest BCUT2D eigenvalue weighted by Crippen LogP contribution is -2.76. The van der Waals surface area contributed by atoms with Crippen LogP contribution in [0.2, 0.25) is 0 Å². The van der Waals surface area contributed by atoms with E-state index in [9.17, 15) is 39.3 Å². The molecule has 1 spiro atoms. The molecule has 18 heteroatoms. The summed E-state index contributed by atoms with van der Waals surface area (Å²) in [5.41, 5.74) is 3.97. The summed E-state index contributed by atoms with van der Waals surface area (Å²) in [6.45, 7) is 19.9. The number of barbiturate groups is 1. The van der Waals surface area contributed by atoms with Gasteiger partial charge in [-0.25, -0.2) is 4.79 Å². The number of urea groups is 1. The highest BCUT2D eigenvalue weighted by atomic mass is 32.2. The van der Waals surface area contributed by atoms with Crippen LogP contribution in [0.15, 0.2) is 144 Å². The Hall–Kier alpha value is -7.74. The number of amides is 4. The van der Waals surface area contributed by atoms with Gasteiger partial charge in [-0.3, -0.25) is 34.7 Å². The molecule has 2 saturated heterocycles. The highest BCUT2D eigenvalue weighted by Crippen LogP contribution is 2.65. The van der Waals surface area contributed by atoms with E-state index >= 15 is 0 Å². The second kappa shape index (κ2) is 29.9. The molecule has 3 aliphatic carbocycles. The quantitative estimate of drug-likeness (QED) is 0.0369. The number of methoxy groups -OCH3 is 1. The zero-order valence-corrected chi connectivity index (χ0v) is 57.3. The Labute approximate surface area is 558 Å². The van der Waals surface area contributed by atoms with Gasteiger partial charge in [0.05, 0.1) is 35.4 Å². The van der Waals surface area contributed by atoms with Crippen molar-refractivity contribution < 1.29 is 53.9 Å². The number of rotatable bonds is 17. The van der Waals surface area contributed by atoms with Crippen LogP contribution in [0.3, 0.4) is 0 Å². The largest absolute Gasteiger partial charge is 0.508 e. The number of carboxylic acids is 1. The van der Waals surface area contributed by atoms with Crippen molar-refractivity contribution in [3.63, 3.8) is 0 Å². The van der Waals surface area contributed by atoms with Crippen molar-refractivity contribution in [1.82, 2.24) is 25.3 Å². The summed E-state index contributed by atoms with van der Waals surface area (Å²) in [5.74, 6) is 1.49. The molecule has 6 aromatic rings. The number of aromatic hydroxyl groups is 2. The Kier molecular flexibility index (Phi) is 22.5. The molecule has 94 heavy (non-hydrogen) atoms. The van der Waals surface area contributed by atoms with Gasteiger partial charge in [0, 0.05) is 53.5 Å². The molecule has 17 nitrogen and oxygen atoms in total. The molecule has 4 aliphatic heterocycles. The number of anilines is 2. The van der Waals surface area contributed by atoms with Gasteiger partial charge in [0.2, 0.25) is 11.8 Å². The Morgan fingerprint density at radius 1 is 0.819 bits per heavy atom. The van der Waals surface area contributed by atoms with Crippen LogP contribution < -0.4 is 25.0 Å². The van der Waals surface area contributed by atoms with Crippen LogP contribution in [0.5, 0.6) is 23.0 Å². The van der Waals surface area contributed by atoms with Gasteiger partial charge in [-0.15, -0.1) is 6.58 Å². The number of ether oxygens (including phenoxy) is 2. The van der Waals surface area contributed by atoms with Crippen LogP contribution in [-0.4, -0.2) is 150 Å². The summed E-state index contributed by atoms with van der Waals surface area (Å²) >= 11 is 1.87. The van der Waals surface area contributed by atoms with Crippen LogP contribution >= 0.6 is 11.8 Å². The van der Waals surface area contributed by atoms with Crippen LogP contribution in [0.1, 0.15) is 127 Å². The molecule has 6 aromatic carbocycles. The van der Waals surface area contributed by atoms with Gasteiger partial charge in [0.1, 0.15) is 16.9 Å². The maximum Gasteiger partial charge on any atom is 0.328 e. The lowest BCUT2D eigenvalue weighted by molar-refractivity contribution is -0.188. The topological polar surface area (TPSA) is 222 Å². The first kappa shape index (κ1) is 70.6. The first-order valence-corrected chi connectivity index (χ1v) is 33.9. The number of carboxylic acid groups (broad SMARTS) is 1. The van der Waals surface area contributed by atoms with Gasteiger partial charge in [0.15, 0.2) is 23.4 Å². The number of nitrogens with one attached hydrogen (secondary N) is 2. The number of fused-ring (bicyclic) bond motifs is 3. The number of phenolic OH excluding ortho intramolecular Hbond substituents is 2. The summed E-state index contributed by atoms with van der Waals surface area (Å²) in [4.78, 5) is 70.3. The van der Waals surface area contributed by atoms with E-state index in [2.05, 4.69) is 140 Å². The molecule has 8 atom stereocenters. The molecule has 4 fully saturated rings. The van der Waals surface area contributed by atoms with Gasteiger partial charge >= 0.3 is 12.0 Å². The number of carbonyl (C=O) groups is 5. The van der Waals surface area contributed by atoms with Gasteiger partial charge in [-0.1, -0.05) is 112 Å². The summed E-state index contributed by atoms with van der Waals surface area (Å²) in [6.07, 6.45) is 7.59. The molecule has 0 radical (unpaired) electrons. The number of para-hydroxylation sites is 2. The number of allylic oxidation sites excluding steroid dienone is 1. The number of benzene rings is 6. The monoisotopic (exact) mass is 1300 g/mol. The maximum atomic E-state index is 12.7. The third-order valence-electron chi connectivity index (χ3n) is 20.0. The molecule has 4 heterocycles. The van der Waals surface area contributed by atoms with Crippen molar-refractivity contribution in [2.24, 2.45) is 23.2 Å². The number of hydrogen-bond acceptors (Lipinski definition) is 15. The van der Waals surface area contributed by atoms with Crippen molar-refractivity contribution in [2.45, 2.75) is 150 Å².